The maximum atomic E-state index is 16.3. The van der Waals surface area contributed by atoms with Gasteiger partial charge in [-0.1, -0.05) is 24.3 Å². The van der Waals surface area contributed by atoms with Crippen LogP contribution >= 0.6 is 0 Å². The number of ether oxygens (including phenoxy) is 1. The van der Waals surface area contributed by atoms with E-state index >= 15 is 4.39 Å². The third-order valence-corrected chi connectivity index (χ3v) is 7.19. The Morgan fingerprint density at radius 1 is 1.14 bits per heavy atom. The second-order valence-corrected chi connectivity index (χ2v) is 10.5. The lowest BCUT2D eigenvalue weighted by Gasteiger charge is -2.34. The van der Waals surface area contributed by atoms with Gasteiger partial charge in [-0.25, -0.2) is 4.39 Å². The van der Waals surface area contributed by atoms with Crippen LogP contribution < -0.4 is 15.0 Å². The highest BCUT2D eigenvalue weighted by Gasteiger charge is 2.34. The van der Waals surface area contributed by atoms with Crippen molar-refractivity contribution in [1.29, 1.82) is 0 Å². The fourth-order valence-electron chi connectivity index (χ4n) is 5.70. The van der Waals surface area contributed by atoms with Gasteiger partial charge in [0.25, 0.3) is 0 Å². The molecule has 6 rings (SSSR count). The molecule has 0 radical (unpaired) electrons. The molecule has 4 heterocycles. The van der Waals surface area contributed by atoms with Gasteiger partial charge in [-0.15, -0.1) is 0 Å². The summed E-state index contributed by atoms with van der Waals surface area (Å²) in [4.78, 5) is 18.1. The van der Waals surface area contributed by atoms with Crippen LogP contribution in [0.1, 0.15) is 19.8 Å². The quantitative estimate of drug-likeness (QED) is 0.410. The van der Waals surface area contributed by atoms with E-state index in [0.717, 1.165) is 36.7 Å². The van der Waals surface area contributed by atoms with E-state index in [1.54, 1.807) is 18.3 Å². The number of hydrogen-bond donors (Lipinski definition) is 2. The Labute approximate surface area is 215 Å². The Morgan fingerprint density at radius 2 is 1.89 bits per heavy atom. The standard InChI is InChI=1S/C28H31FN6O2/c1-16(13-34(2)3)37-28-32-26-23(27(33-28)35-14-18-8-9-19(15-35)31-18)12-30-25(24(26)29)22-11-20(36)10-17-6-4-5-7-21(17)22/h4-7,10-12,16,18-19,31,36H,8-9,13-15H2,1-3H3/t16?,18-,19+. The first kappa shape index (κ1) is 23.8. The first-order valence-electron chi connectivity index (χ1n) is 12.8. The molecule has 1 unspecified atom stereocenters. The number of rotatable bonds is 6. The first-order valence-corrected chi connectivity index (χ1v) is 12.8. The van der Waals surface area contributed by atoms with Gasteiger partial charge in [-0.05, 0) is 56.8 Å². The molecule has 0 spiro atoms. The average molecular weight is 503 g/mol. The summed E-state index contributed by atoms with van der Waals surface area (Å²) < 4.78 is 22.4. The molecule has 2 aliphatic rings. The SMILES string of the molecule is CC(CN(C)C)Oc1nc(N2C[C@H]3CC[C@@H](C2)N3)c2cnc(-c3cc(O)cc4ccccc34)c(F)c2n1. The molecular formula is C28H31FN6O2. The highest BCUT2D eigenvalue weighted by atomic mass is 19.1. The highest BCUT2D eigenvalue weighted by Crippen LogP contribution is 2.37. The third-order valence-electron chi connectivity index (χ3n) is 7.19. The fraction of sp³-hybridized carbons (Fsp3) is 0.393. The second-order valence-electron chi connectivity index (χ2n) is 10.5. The summed E-state index contributed by atoms with van der Waals surface area (Å²) in [7, 11) is 3.94. The summed E-state index contributed by atoms with van der Waals surface area (Å²) in [5, 5.41) is 16.1. The summed E-state index contributed by atoms with van der Waals surface area (Å²) in [6, 6.07) is 11.7. The lowest BCUT2D eigenvalue weighted by Crippen LogP contribution is -2.51. The number of piperazine rings is 1. The normalized spacial score (nSPS) is 20.2. The Bertz CT molecular complexity index is 1470. The van der Waals surface area contributed by atoms with Gasteiger partial charge >= 0.3 is 6.01 Å². The number of hydrogen-bond acceptors (Lipinski definition) is 8. The van der Waals surface area contributed by atoms with E-state index < -0.39 is 5.82 Å². The van der Waals surface area contributed by atoms with Crippen molar-refractivity contribution in [1.82, 2.24) is 25.2 Å². The van der Waals surface area contributed by atoms with Crippen molar-refractivity contribution in [2.24, 2.45) is 0 Å². The van der Waals surface area contributed by atoms with E-state index in [1.807, 2.05) is 50.2 Å². The molecule has 8 nitrogen and oxygen atoms in total. The molecule has 2 fully saturated rings. The summed E-state index contributed by atoms with van der Waals surface area (Å²) >= 11 is 0. The lowest BCUT2D eigenvalue weighted by molar-refractivity contribution is 0.164. The molecule has 2 N–H and O–H groups in total. The predicted octanol–water partition coefficient (Wildman–Crippen LogP) is 3.96. The molecular weight excluding hydrogens is 471 g/mol. The monoisotopic (exact) mass is 502 g/mol. The van der Waals surface area contributed by atoms with Crippen molar-refractivity contribution < 1.29 is 14.2 Å². The molecule has 3 atom stereocenters. The van der Waals surface area contributed by atoms with Gasteiger partial charge in [0.1, 0.15) is 28.9 Å². The Balaban J connectivity index is 1.51. The van der Waals surface area contributed by atoms with Gasteiger partial charge in [-0.2, -0.15) is 9.97 Å². The lowest BCUT2D eigenvalue weighted by atomic mass is 10.0. The summed E-state index contributed by atoms with van der Waals surface area (Å²) in [6.45, 7) is 4.20. The van der Waals surface area contributed by atoms with Gasteiger partial charge in [0, 0.05) is 43.5 Å². The zero-order valence-electron chi connectivity index (χ0n) is 21.3. The van der Waals surface area contributed by atoms with Crippen LogP contribution in [0.3, 0.4) is 0 Å². The molecule has 0 aliphatic carbocycles. The Morgan fingerprint density at radius 3 is 2.65 bits per heavy atom. The molecule has 4 aromatic rings. The van der Waals surface area contributed by atoms with Crippen molar-refractivity contribution in [2.75, 3.05) is 38.6 Å². The molecule has 37 heavy (non-hydrogen) atoms. The van der Waals surface area contributed by atoms with Gasteiger partial charge in [-0.3, -0.25) is 4.98 Å². The topological polar surface area (TPSA) is 86.6 Å². The average Bonchev–Trinajstić information content (AvgIpc) is 3.20. The van der Waals surface area contributed by atoms with Crippen molar-refractivity contribution in [3.05, 3.63) is 48.4 Å². The number of pyridine rings is 1. The van der Waals surface area contributed by atoms with Crippen LogP contribution in [0, 0.1) is 5.82 Å². The zero-order valence-corrected chi connectivity index (χ0v) is 21.3. The Kier molecular flexibility index (Phi) is 6.04. The van der Waals surface area contributed by atoms with E-state index in [0.29, 0.717) is 35.4 Å². The van der Waals surface area contributed by atoms with Crippen LogP contribution in [0.2, 0.25) is 0 Å². The summed E-state index contributed by atoms with van der Waals surface area (Å²) in [5.74, 6) is 0.144. The van der Waals surface area contributed by atoms with Crippen molar-refractivity contribution in [3.63, 3.8) is 0 Å². The summed E-state index contributed by atoms with van der Waals surface area (Å²) in [5.41, 5.74) is 0.816. The van der Waals surface area contributed by atoms with Crippen LogP contribution in [-0.4, -0.2) is 76.9 Å². The number of fused-ring (bicyclic) bond motifs is 4. The largest absolute Gasteiger partial charge is 0.508 e. The van der Waals surface area contributed by atoms with E-state index in [1.165, 1.54) is 0 Å². The van der Waals surface area contributed by atoms with E-state index in [9.17, 15) is 5.11 Å². The maximum absolute atomic E-state index is 16.3. The minimum atomic E-state index is -0.555. The van der Waals surface area contributed by atoms with Crippen molar-refractivity contribution >= 4 is 27.5 Å². The number of anilines is 1. The van der Waals surface area contributed by atoms with Crippen LogP contribution in [0.5, 0.6) is 11.8 Å². The fourth-order valence-corrected chi connectivity index (χ4v) is 5.70. The predicted molar refractivity (Wildman–Crippen MR) is 143 cm³/mol. The number of phenols is 1. The van der Waals surface area contributed by atoms with Gasteiger partial charge in [0.15, 0.2) is 5.82 Å². The van der Waals surface area contributed by atoms with E-state index in [2.05, 4.69) is 20.2 Å². The first-order chi connectivity index (χ1) is 17.9. The molecule has 2 aliphatic heterocycles. The number of aromatic hydroxyl groups is 1. The van der Waals surface area contributed by atoms with Crippen molar-refractivity contribution in [2.45, 2.75) is 38.0 Å². The molecule has 2 saturated heterocycles. The molecule has 0 amide bonds. The van der Waals surface area contributed by atoms with Gasteiger partial charge in [0.05, 0.1) is 5.39 Å². The number of halogens is 1. The number of aromatic nitrogens is 3. The van der Waals surface area contributed by atoms with Gasteiger partial charge < -0.3 is 25.0 Å². The smallest absolute Gasteiger partial charge is 0.319 e. The van der Waals surface area contributed by atoms with E-state index in [4.69, 9.17) is 9.72 Å². The number of nitrogens with zero attached hydrogens (tertiary/aromatic N) is 5. The summed E-state index contributed by atoms with van der Waals surface area (Å²) in [6.07, 6.45) is 3.71. The second kappa shape index (κ2) is 9.39. The number of nitrogens with one attached hydrogen (secondary N) is 1. The molecule has 2 aromatic carbocycles. The minimum Gasteiger partial charge on any atom is -0.508 e. The van der Waals surface area contributed by atoms with Crippen LogP contribution in [0.15, 0.2) is 42.6 Å². The molecule has 192 valence electrons. The van der Waals surface area contributed by atoms with Crippen LogP contribution in [-0.2, 0) is 0 Å². The molecule has 0 saturated carbocycles. The minimum absolute atomic E-state index is 0.0520. The molecule has 2 aromatic heterocycles. The van der Waals surface area contributed by atoms with Gasteiger partial charge in [0.2, 0.25) is 0 Å². The van der Waals surface area contributed by atoms with Crippen LogP contribution in [0.25, 0.3) is 32.9 Å². The zero-order chi connectivity index (χ0) is 25.7. The maximum Gasteiger partial charge on any atom is 0.319 e. The molecule has 9 heteroatoms. The van der Waals surface area contributed by atoms with Crippen molar-refractivity contribution in [3.8, 4) is 23.0 Å². The number of benzene rings is 2. The number of likely N-dealkylation sites (N-methyl/N-ethyl adjacent to an activating group) is 1. The van der Waals surface area contributed by atoms with Crippen LogP contribution in [0.4, 0.5) is 10.2 Å². The molecule has 2 bridgehead atoms. The third kappa shape index (κ3) is 4.53. The number of phenolic OH excluding ortho intramolecular Hbond substituents is 1. The Hall–Kier alpha value is -3.56. The van der Waals surface area contributed by atoms with E-state index in [-0.39, 0.29) is 29.1 Å². The highest BCUT2D eigenvalue weighted by molar-refractivity contribution is 5.99.